The summed E-state index contributed by atoms with van der Waals surface area (Å²) in [7, 11) is -4.95. The summed E-state index contributed by atoms with van der Waals surface area (Å²) in [6, 6.07) is 0. The fraction of sp³-hybridized carbons (Fsp3) is 0.907. The van der Waals surface area contributed by atoms with Gasteiger partial charge in [-0.2, -0.15) is 0 Å². The van der Waals surface area contributed by atoms with Gasteiger partial charge in [0.25, 0.3) is 0 Å². The Morgan fingerprint density at radius 2 is 1.02 bits per heavy atom. The zero-order chi connectivity index (χ0) is 41.5. The normalized spacial score (nSPS) is 15.3. The molecule has 0 rings (SSSR count). The Balaban J connectivity index is 4.58. The third-order valence-electron chi connectivity index (χ3n) is 9.73. The molecule has 0 spiro atoms. The predicted octanol–water partition coefficient (Wildman–Crippen LogP) is 10.6. The first kappa shape index (κ1) is 51.7. The van der Waals surface area contributed by atoms with Gasteiger partial charge in [0.05, 0.1) is 21.2 Å². The lowest BCUT2D eigenvalue weighted by Gasteiger charge is -2.24. The van der Waals surface area contributed by atoms with Crippen LogP contribution in [-0.4, -0.2) is 76.9 Å². The quantitative estimate of drug-likeness (QED) is 0.0200. The molecule has 0 heterocycles. The van der Waals surface area contributed by atoms with Gasteiger partial charge in [-0.1, -0.05) is 167 Å². The largest absolute Gasteiger partial charge is 0.472 e. The van der Waals surface area contributed by atoms with Gasteiger partial charge in [-0.3, -0.25) is 18.6 Å². The Labute approximate surface area is 336 Å². The molecule has 0 saturated heterocycles. The van der Waals surface area contributed by atoms with Gasteiger partial charge in [0.15, 0.2) is 6.10 Å². The summed E-state index contributed by atoms with van der Waals surface area (Å²) >= 11 is 0. The number of allylic oxidation sites excluding steroid dienone is 2. The Kier molecular flexibility index (Phi) is 37.1. The van der Waals surface area contributed by atoms with Crippen LogP contribution < -0.4 is 0 Å². The lowest BCUT2D eigenvalue weighted by Crippen LogP contribution is -2.35. The molecule has 0 saturated carbocycles. The van der Waals surface area contributed by atoms with Crippen LogP contribution in [0.4, 0.5) is 0 Å². The number of ether oxygens (including phenoxy) is 2. The van der Waals surface area contributed by atoms with E-state index in [2.05, 4.69) is 26.0 Å². The molecule has 0 radical (unpaired) electrons. The molecule has 326 valence electrons. The second-order valence-electron chi connectivity index (χ2n) is 15.0. The van der Waals surface area contributed by atoms with Crippen molar-refractivity contribution in [1.29, 1.82) is 0 Å². The van der Waals surface area contributed by atoms with Gasteiger partial charge in [-0.15, -0.1) is 0 Å². The molecule has 0 amide bonds. The number of carbonyl (C=O) groups is 2. The topological polar surface area (TPSA) is 169 Å². The smallest absolute Gasteiger partial charge is 0.462 e. The van der Waals surface area contributed by atoms with Crippen molar-refractivity contribution in [3.63, 3.8) is 0 Å². The van der Waals surface area contributed by atoms with Crippen LogP contribution in [0.15, 0.2) is 12.2 Å². The number of aliphatic hydroxyl groups excluding tert-OH is 3. The summed E-state index contributed by atoms with van der Waals surface area (Å²) in [5.41, 5.74) is 0. The van der Waals surface area contributed by atoms with E-state index in [0.717, 1.165) is 64.2 Å². The van der Waals surface area contributed by atoms with E-state index in [-0.39, 0.29) is 12.8 Å². The molecule has 55 heavy (non-hydrogen) atoms. The number of phosphoric ester groups is 1. The van der Waals surface area contributed by atoms with Crippen LogP contribution in [0.2, 0.25) is 0 Å². The minimum Gasteiger partial charge on any atom is -0.462 e. The van der Waals surface area contributed by atoms with Crippen LogP contribution in [0, 0.1) is 0 Å². The molecule has 4 N–H and O–H groups in total. The number of phosphoric acid groups is 1. The summed E-state index contributed by atoms with van der Waals surface area (Å²) in [4.78, 5) is 35.4. The third-order valence-corrected chi connectivity index (χ3v) is 10.7. The zero-order valence-corrected chi connectivity index (χ0v) is 35.8. The van der Waals surface area contributed by atoms with E-state index >= 15 is 0 Å². The summed E-state index contributed by atoms with van der Waals surface area (Å²) in [5, 5.41) is 28.2. The molecule has 0 aliphatic rings. The van der Waals surface area contributed by atoms with Gasteiger partial charge in [0.2, 0.25) is 0 Å². The van der Waals surface area contributed by atoms with Crippen molar-refractivity contribution in [2.45, 2.75) is 225 Å². The molecule has 5 atom stereocenters. The fourth-order valence-corrected chi connectivity index (χ4v) is 7.18. The zero-order valence-electron chi connectivity index (χ0n) is 35.9. The highest BCUT2D eigenvalue weighted by atomic mass is 31.2. The average Bonchev–Trinajstić information content (AvgIpc) is 3.18. The highest BCUT2D eigenvalue weighted by molar-refractivity contribution is 7.47. The lowest BCUT2D eigenvalue weighted by atomic mass is 10.0. The van der Waals surface area contributed by atoms with E-state index in [0.29, 0.717) is 12.8 Å². The summed E-state index contributed by atoms with van der Waals surface area (Å²) < 4.78 is 41.2. The molecule has 0 aliphatic heterocycles. The fourth-order valence-electron chi connectivity index (χ4n) is 6.23. The maximum atomic E-state index is 12.7. The monoisotopic (exact) mass is 808 g/mol. The van der Waals surface area contributed by atoms with Crippen molar-refractivity contribution in [2.24, 2.45) is 0 Å². The SMILES string of the molecule is [2H]C(OC(=O)CCCCCCCCCCCCCCCCC)[C@H](COP(=O)(O)O[C@H](CO)[C@H](O)CO)OC(=O)CCCCCCCC/C=C\CCCCCCC. The van der Waals surface area contributed by atoms with Gasteiger partial charge in [0, 0.05) is 12.8 Å². The van der Waals surface area contributed by atoms with Crippen molar-refractivity contribution in [2.75, 3.05) is 26.4 Å². The van der Waals surface area contributed by atoms with Crippen molar-refractivity contribution >= 4 is 19.8 Å². The standard InChI is InChI=1S/C43H83O11P/c1-3-5-7-9-11-13-15-17-19-21-23-25-27-29-31-33-42(47)51-37-39(38-52-55(49,50)54-41(36-45)40(46)35-44)53-43(48)34-32-30-28-26-24-22-20-18-16-14-12-10-8-6-4-2/h16,18,39-41,44-46H,3-15,17,19-38H2,1-2H3,(H,49,50)/b18-16-/t39-,40-,41-/m1/s1/i37D/t37?,39-,40-,41-. The van der Waals surface area contributed by atoms with Gasteiger partial charge in [0.1, 0.15) is 18.8 Å². The van der Waals surface area contributed by atoms with E-state index in [1.807, 2.05) is 0 Å². The maximum Gasteiger partial charge on any atom is 0.472 e. The van der Waals surface area contributed by atoms with Gasteiger partial charge < -0.3 is 29.7 Å². The first-order chi connectivity index (χ1) is 27.1. The van der Waals surface area contributed by atoms with E-state index in [9.17, 15) is 29.3 Å². The van der Waals surface area contributed by atoms with Crippen LogP contribution in [0.1, 0.15) is 208 Å². The number of hydrogen-bond donors (Lipinski definition) is 4. The number of rotatable bonds is 42. The first-order valence-corrected chi connectivity index (χ1v) is 23.6. The number of aliphatic hydroxyl groups is 3. The molecule has 0 aromatic heterocycles. The van der Waals surface area contributed by atoms with Gasteiger partial charge in [-0.25, -0.2) is 4.57 Å². The maximum absolute atomic E-state index is 12.7. The molecule has 0 aliphatic carbocycles. The van der Waals surface area contributed by atoms with Crippen molar-refractivity contribution in [3.8, 4) is 0 Å². The van der Waals surface area contributed by atoms with Crippen LogP contribution in [0.3, 0.4) is 0 Å². The second-order valence-corrected chi connectivity index (χ2v) is 16.4. The molecular weight excluding hydrogens is 723 g/mol. The van der Waals surface area contributed by atoms with Gasteiger partial charge >= 0.3 is 19.8 Å². The van der Waals surface area contributed by atoms with Crippen LogP contribution in [0.5, 0.6) is 0 Å². The molecule has 12 heteroatoms. The van der Waals surface area contributed by atoms with Crippen molar-refractivity contribution in [1.82, 2.24) is 0 Å². The second kappa shape index (κ2) is 39.5. The Morgan fingerprint density at radius 3 is 1.44 bits per heavy atom. The van der Waals surface area contributed by atoms with E-state index in [1.54, 1.807) is 0 Å². The Hall–Kier alpha value is -1.33. The first-order valence-electron chi connectivity index (χ1n) is 22.7. The van der Waals surface area contributed by atoms with E-state index in [1.165, 1.54) is 103 Å². The summed E-state index contributed by atoms with van der Waals surface area (Å²) in [6.07, 6.45) is 32.2. The molecule has 2 unspecified atom stereocenters. The van der Waals surface area contributed by atoms with E-state index in [4.69, 9.17) is 25.0 Å². The van der Waals surface area contributed by atoms with Crippen LogP contribution >= 0.6 is 7.82 Å². The Morgan fingerprint density at radius 1 is 0.618 bits per heavy atom. The molecule has 0 bridgehead atoms. The predicted molar refractivity (Wildman–Crippen MR) is 221 cm³/mol. The molecule has 11 nitrogen and oxygen atoms in total. The average molecular weight is 808 g/mol. The van der Waals surface area contributed by atoms with E-state index < -0.39 is 64.5 Å². The molecule has 0 fully saturated rings. The molecular formula is C43H83O11P. The number of esters is 2. The van der Waals surface area contributed by atoms with Crippen molar-refractivity contribution in [3.05, 3.63) is 12.2 Å². The summed E-state index contributed by atoms with van der Waals surface area (Å²) in [5.74, 6) is -1.31. The third kappa shape index (κ3) is 36.7. The number of carbonyl (C=O) groups excluding carboxylic acids is 2. The lowest BCUT2D eigenvalue weighted by molar-refractivity contribution is -0.161. The minimum absolute atomic E-state index is 0.0554. The molecule has 0 aromatic carbocycles. The number of unbranched alkanes of at least 4 members (excludes halogenated alkanes) is 25. The highest BCUT2D eigenvalue weighted by Crippen LogP contribution is 2.45. The molecule has 0 aromatic rings. The van der Waals surface area contributed by atoms with Gasteiger partial charge in [-0.05, 0) is 38.5 Å². The van der Waals surface area contributed by atoms with Crippen LogP contribution in [0.25, 0.3) is 0 Å². The summed E-state index contributed by atoms with van der Waals surface area (Å²) in [6.45, 7) is 0.195. The Bertz CT molecular complexity index is 986. The van der Waals surface area contributed by atoms with Crippen molar-refractivity contribution < 1.29 is 54.3 Å². The number of hydrogen-bond acceptors (Lipinski definition) is 10. The van der Waals surface area contributed by atoms with Crippen LogP contribution in [-0.2, 0) is 32.7 Å². The minimum atomic E-state index is -4.95. The highest BCUT2D eigenvalue weighted by Gasteiger charge is 2.32.